The predicted octanol–water partition coefficient (Wildman–Crippen LogP) is 8.07. The molecule has 0 aliphatic heterocycles. The average molecular weight is 392 g/mol. The first kappa shape index (κ1) is 18.6. The van der Waals surface area contributed by atoms with Gasteiger partial charge in [-0.15, -0.1) is 0 Å². The van der Waals surface area contributed by atoms with Gasteiger partial charge in [0, 0.05) is 28.1 Å². The Bertz CT molecular complexity index is 1330. The van der Waals surface area contributed by atoms with Crippen LogP contribution in [0.2, 0.25) is 0 Å². The van der Waals surface area contributed by atoms with Gasteiger partial charge in [0.15, 0.2) is 0 Å². The molecule has 30 heavy (non-hydrogen) atoms. The maximum atomic E-state index is 6.53. The molecule has 2 aromatic heterocycles. The quantitative estimate of drug-likeness (QED) is 0.309. The summed E-state index contributed by atoms with van der Waals surface area (Å²) in [6.45, 7) is 6.80. The summed E-state index contributed by atoms with van der Waals surface area (Å²) >= 11 is 0. The number of furan rings is 1. The van der Waals surface area contributed by atoms with Crippen molar-refractivity contribution in [2.75, 3.05) is 0 Å². The van der Waals surface area contributed by atoms with Crippen LogP contribution in [0, 0.1) is 5.92 Å². The first-order valence-corrected chi connectivity index (χ1v) is 10.6. The summed E-state index contributed by atoms with van der Waals surface area (Å²) in [5, 5.41) is 2.27. The van der Waals surface area contributed by atoms with Crippen molar-refractivity contribution in [3.8, 4) is 22.4 Å². The van der Waals surface area contributed by atoms with Gasteiger partial charge in [-0.05, 0) is 41.2 Å². The molecule has 5 rings (SSSR count). The lowest BCUT2D eigenvalue weighted by molar-refractivity contribution is 0.535. The second-order valence-corrected chi connectivity index (χ2v) is 8.34. The van der Waals surface area contributed by atoms with Crippen LogP contribution in [0.4, 0.5) is 0 Å². The lowest BCUT2D eigenvalue weighted by Crippen LogP contribution is -2.02. The van der Waals surface area contributed by atoms with Gasteiger partial charge in [-0.1, -0.05) is 81.4 Å². The van der Waals surface area contributed by atoms with Crippen LogP contribution < -0.4 is 0 Å². The molecule has 3 aromatic carbocycles. The lowest BCUT2D eigenvalue weighted by Gasteiger charge is -2.16. The molecule has 5 aromatic rings. The van der Waals surface area contributed by atoms with Crippen LogP contribution in [0.1, 0.15) is 32.3 Å². The Hall–Kier alpha value is -3.39. The van der Waals surface area contributed by atoms with Crippen LogP contribution in [0.25, 0.3) is 44.3 Å². The van der Waals surface area contributed by atoms with Crippen LogP contribution >= 0.6 is 0 Å². The summed E-state index contributed by atoms with van der Waals surface area (Å²) in [5.74, 6) is 1.06. The van der Waals surface area contributed by atoms with Crippen LogP contribution in [0.15, 0.2) is 89.5 Å². The smallest absolute Gasteiger partial charge is 0.144 e. The van der Waals surface area contributed by atoms with Gasteiger partial charge in [-0.3, -0.25) is 4.98 Å². The first-order chi connectivity index (χ1) is 14.6. The summed E-state index contributed by atoms with van der Waals surface area (Å²) in [6.07, 6.45) is 1.92. The molecule has 2 nitrogen and oxygen atoms in total. The lowest BCUT2D eigenvalue weighted by atomic mass is 9.90. The van der Waals surface area contributed by atoms with E-state index in [2.05, 4.69) is 93.6 Å². The molecule has 0 bridgehead atoms. The minimum Gasteiger partial charge on any atom is -0.455 e. The fourth-order valence-electron chi connectivity index (χ4n) is 4.13. The SMILES string of the molecule is CC(C)C(C)c1ccnc(-c2cccc3c2oc2c(-c4ccccc4)cccc23)c1. The third kappa shape index (κ3) is 3.09. The highest BCUT2D eigenvalue weighted by Crippen LogP contribution is 2.39. The van der Waals surface area contributed by atoms with Crippen molar-refractivity contribution < 1.29 is 4.42 Å². The molecular weight excluding hydrogens is 366 g/mol. The third-order valence-corrected chi connectivity index (χ3v) is 6.19. The van der Waals surface area contributed by atoms with Crippen molar-refractivity contribution in [2.24, 2.45) is 5.92 Å². The molecule has 0 radical (unpaired) electrons. The van der Waals surface area contributed by atoms with Gasteiger partial charge in [0.05, 0.1) is 5.69 Å². The Kier molecular flexibility index (Phi) is 4.63. The number of hydrogen-bond donors (Lipinski definition) is 0. The maximum absolute atomic E-state index is 6.53. The van der Waals surface area contributed by atoms with Crippen LogP contribution in [0.5, 0.6) is 0 Å². The van der Waals surface area contributed by atoms with E-state index in [1.807, 2.05) is 12.3 Å². The molecule has 0 aliphatic carbocycles. The number of rotatable bonds is 4. The summed E-state index contributed by atoms with van der Waals surface area (Å²) in [7, 11) is 0. The Labute approximate surface area is 177 Å². The molecule has 0 amide bonds. The molecule has 0 saturated heterocycles. The second kappa shape index (κ2) is 7.46. The van der Waals surface area contributed by atoms with Gasteiger partial charge < -0.3 is 4.42 Å². The van der Waals surface area contributed by atoms with Crippen molar-refractivity contribution in [3.63, 3.8) is 0 Å². The number of fused-ring (bicyclic) bond motifs is 3. The summed E-state index contributed by atoms with van der Waals surface area (Å²) in [6, 6.07) is 27.5. The second-order valence-electron chi connectivity index (χ2n) is 8.34. The number of hydrogen-bond acceptors (Lipinski definition) is 2. The molecule has 2 heterocycles. The Morgan fingerprint density at radius 1 is 0.700 bits per heavy atom. The van der Waals surface area contributed by atoms with Crippen molar-refractivity contribution in [1.29, 1.82) is 0 Å². The summed E-state index contributed by atoms with van der Waals surface area (Å²) < 4.78 is 6.53. The molecule has 0 aliphatic rings. The minimum atomic E-state index is 0.478. The molecule has 0 fully saturated rings. The summed E-state index contributed by atoms with van der Waals surface area (Å²) in [4.78, 5) is 4.69. The molecule has 2 heteroatoms. The van der Waals surface area contributed by atoms with E-state index in [0.29, 0.717) is 11.8 Å². The van der Waals surface area contributed by atoms with Gasteiger partial charge in [0.25, 0.3) is 0 Å². The molecule has 148 valence electrons. The van der Waals surface area contributed by atoms with E-state index in [0.717, 1.165) is 44.3 Å². The highest BCUT2D eigenvalue weighted by Gasteiger charge is 2.17. The predicted molar refractivity (Wildman–Crippen MR) is 126 cm³/mol. The standard InChI is InChI=1S/C28H25NO/c1-18(2)19(3)21-15-16-29-26(17-21)25-14-8-13-24-23-12-7-11-22(27(23)30-28(24)25)20-9-5-4-6-10-20/h4-19H,1-3H3. The molecule has 1 atom stereocenters. The number of nitrogens with zero attached hydrogens (tertiary/aromatic N) is 1. The maximum Gasteiger partial charge on any atom is 0.144 e. The van der Waals surface area contributed by atoms with Crippen LogP contribution in [-0.2, 0) is 0 Å². The Balaban J connectivity index is 1.73. The van der Waals surface area contributed by atoms with Crippen LogP contribution in [0.3, 0.4) is 0 Å². The monoisotopic (exact) mass is 391 g/mol. The van der Waals surface area contributed by atoms with Crippen molar-refractivity contribution in [2.45, 2.75) is 26.7 Å². The largest absolute Gasteiger partial charge is 0.455 e. The summed E-state index contributed by atoms with van der Waals surface area (Å²) in [5.41, 5.74) is 7.43. The van der Waals surface area contributed by atoms with Gasteiger partial charge in [-0.2, -0.15) is 0 Å². The van der Waals surface area contributed by atoms with E-state index in [4.69, 9.17) is 9.40 Å². The van der Waals surface area contributed by atoms with Crippen molar-refractivity contribution in [1.82, 2.24) is 4.98 Å². The normalized spacial score (nSPS) is 12.7. The van der Waals surface area contributed by atoms with E-state index in [9.17, 15) is 0 Å². The highest BCUT2D eigenvalue weighted by molar-refractivity contribution is 6.12. The van der Waals surface area contributed by atoms with E-state index < -0.39 is 0 Å². The minimum absolute atomic E-state index is 0.478. The van der Waals surface area contributed by atoms with Gasteiger partial charge in [0.1, 0.15) is 11.2 Å². The van der Waals surface area contributed by atoms with E-state index in [-0.39, 0.29) is 0 Å². The highest BCUT2D eigenvalue weighted by atomic mass is 16.3. The fourth-order valence-corrected chi connectivity index (χ4v) is 4.13. The topological polar surface area (TPSA) is 26.0 Å². The molecule has 0 saturated carbocycles. The molecule has 0 spiro atoms. The molecular formula is C28H25NO. The fraction of sp³-hybridized carbons (Fsp3) is 0.179. The van der Waals surface area contributed by atoms with E-state index in [1.165, 1.54) is 5.56 Å². The third-order valence-electron chi connectivity index (χ3n) is 6.19. The van der Waals surface area contributed by atoms with Crippen molar-refractivity contribution in [3.05, 3.63) is 90.6 Å². The zero-order valence-electron chi connectivity index (χ0n) is 17.6. The number of para-hydroxylation sites is 2. The Morgan fingerprint density at radius 2 is 1.37 bits per heavy atom. The number of benzene rings is 3. The van der Waals surface area contributed by atoms with Gasteiger partial charge in [-0.25, -0.2) is 0 Å². The van der Waals surface area contributed by atoms with Gasteiger partial charge in [0.2, 0.25) is 0 Å². The van der Waals surface area contributed by atoms with Crippen LogP contribution in [-0.4, -0.2) is 4.98 Å². The zero-order valence-corrected chi connectivity index (χ0v) is 17.6. The average Bonchev–Trinajstić information content (AvgIpc) is 3.18. The van der Waals surface area contributed by atoms with E-state index >= 15 is 0 Å². The number of pyridine rings is 1. The zero-order chi connectivity index (χ0) is 20.7. The molecule has 1 unspecified atom stereocenters. The van der Waals surface area contributed by atoms with Crippen molar-refractivity contribution >= 4 is 21.9 Å². The molecule has 0 N–H and O–H groups in total. The Morgan fingerprint density at radius 3 is 2.07 bits per heavy atom. The van der Waals surface area contributed by atoms with Gasteiger partial charge >= 0.3 is 0 Å². The van der Waals surface area contributed by atoms with E-state index in [1.54, 1.807) is 0 Å². The number of aromatic nitrogens is 1. The first-order valence-electron chi connectivity index (χ1n) is 10.6.